The zero-order valence-electron chi connectivity index (χ0n) is 15.3. The molecular weight excluding hydrogens is 346 g/mol. The molecule has 2 aromatic rings. The smallest absolute Gasteiger partial charge is 0.251 e. The number of methoxy groups -OCH3 is 1. The van der Waals surface area contributed by atoms with E-state index in [0.29, 0.717) is 36.8 Å². The summed E-state index contributed by atoms with van der Waals surface area (Å²) in [4.78, 5) is 12.7. The van der Waals surface area contributed by atoms with Crippen molar-refractivity contribution in [3.05, 3.63) is 53.6 Å². The second-order valence-corrected chi connectivity index (χ2v) is 6.84. The van der Waals surface area contributed by atoms with E-state index in [1.807, 2.05) is 18.2 Å². The molecule has 6 heteroatoms. The van der Waals surface area contributed by atoms with Crippen LogP contribution in [0.4, 0.5) is 0 Å². The Bertz CT molecular complexity index is 829. The Morgan fingerprint density at radius 3 is 2.70 bits per heavy atom. The quantitative estimate of drug-likeness (QED) is 0.878. The van der Waals surface area contributed by atoms with E-state index in [9.17, 15) is 4.79 Å². The molecule has 27 heavy (non-hydrogen) atoms. The zero-order chi connectivity index (χ0) is 18.7. The van der Waals surface area contributed by atoms with Gasteiger partial charge in [0.1, 0.15) is 5.75 Å². The Kier molecular flexibility index (Phi) is 4.90. The van der Waals surface area contributed by atoms with Crippen molar-refractivity contribution in [2.24, 2.45) is 0 Å². The molecule has 1 N–H and O–H groups in total. The summed E-state index contributed by atoms with van der Waals surface area (Å²) in [5.74, 6) is 1.99. The molecular formula is C21H23NO5. The third-order valence-electron chi connectivity index (χ3n) is 5.35. The number of benzene rings is 2. The summed E-state index contributed by atoms with van der Waals surface area (Å²) in [7, 11) is 1.68. The van der Waals surface area contributed by atoms with Crippen molar-refractivity contribution in [3.63, 3.8) is 0 Å². The van der Waals surface area contributed by atoms with Gasteiger partial charge in [0.05, 0.1) is 7.11 Å². The molecule has 1 fully saturated rings. The van der Waals surface area contributed by atoms with Crippen LogP contribution in [0.3, 0.4) is 0 Å². The van der Waals surface area contributed by atoms with Crippen LogP contribution < -0.4 is 19.5 Å². The van der Waals surface area contributed by atoms with Gasteiger partial charge in [-0.25, -0.2) is 0 Å². The van der Waals surface area contributed by atoms with E-state index in [1.165, 1.54) is 0 Å². The van der Waals surface area contributed by atoms with Crippen LogP contribution in [0.5, 0.6) is 17.2 Å². The molecule has 0 aliphatic carbocycles. The van der Waals surface area contributed by atoms with Gasteiger partial charge in [-0.3, -0.25) is 4.79 Å². The number of rotatable bonds is 5. The van der Waals surface area contributed by atoms with Crippen molar-refractivity contribution in [3.8, 4) is 17.2 Å². The first kappa shape index (κ1) is 17.7. The van der Waals surface area contributed by atoms with Gasteiger partial charge in [-0.2, -0.15) is 0 Å². The van der Waals surface area contributed by atoms with Gasteiger partial charge in [-0.15, -0.1) is 0 Å². The lowest BCUT2D eigenvalue weighted by molar-refractivity contribution is 0.0479. The maximum absolute atomic E-state index is 12.7. The number of carbonyl (C=O) groups excluding carboxylic acids is 1. The highest BCUT2D eigenvalue weighted by Crippen LogP contribution is 2.39. The largest absolute Gasteiger partial charge is 0.496 e. The van der Waals surface area contributed by atoms with E-state index in [4.69, 9.17) is 18.9 Å². The second kappa shape index (κ2) is 7.48. The van der Waals surface area contributed by atoms with Crippen LogP contribution in [-0.2, 0) is 10.2 Å². The molecule has 0 bridgehead atoms. The molecule has 0 aromatic heterocycles. The van der Waals surface area contributed by atoms with Gasteiger partial charge >= 0.3 is 0 Å². The predicted octanol–water partition coefficient (Wildman–Crippen LogP) is 2.90. The topological polar surface area (TPSA) is 66.0 Å². The summed E-state index contributed by atoms with van der Waals surface area (Å²) < 4.78 is 21.8. The molecule has 2 aliphatic rings. The lowest BCUT2D eigenvalue weighted by atomic mass is 9.73. The highest BCUT2D eigenvalue weighted by Gasteiger charge is 2.37. The molecule has 0 unspecified atom stereocenters. The van der Waals surface area contributed by atoms with E-state index in [0.717, 1.165) is 24.2 Å². The number of carbonyl (C=O) groups is 1. The lowest BCUT2D eigenvalue weighted by Gasteiger charge is -2.38. The molecule has 1 amide bonds. The highest BCUT2D eigenvalue weighted by molar-refractivity contribution is 5.95. The molecule has 0 atom stereocenters. The third-order valence-corrected chi connectivity index (χ3v) is 5.35. The molecule has 2 heterocycles. The minimum Gasteiger partial charge on any atom is -0.496 e. The van der Waals surface area contributed by atoms with Gasteiger partial charge < -0.3 is 24.3 Å². The molecule has 1 saturated heterocycles. The van der Waals surface area contributed by atoms with Gasteiger partial charge in [0.25, 0.3) is 5.91 Å². The molecule has 2 aliphatic heterocycles. The fourth-order valence-electron chi connectivity index (χ4n) is 3.78. The summed E-state index contributed by atoms with van der Waals surface area (Å²) in [6.07, 6.45) is 1.66. The molecule has 0 spiro atoms. The van der Waals surface area contributed by atoms with Crippen LogP contribution in [0.15, 0.2) is 42.5 Å². The monoisotopic (exact) mass is 369 g/mol. The average molecular weight is 369 g/mol. The number of hydrogen-bond acceptors (Lipinski definition) is 5. The van der Waals surface area contributed by atoms with E-state index in [2.05, 4.69) is 11.4 Å². The molecule has 6 nitrogen and oxygen atoms in total. The first-order valence-corrected chi connectivity index (χ1v) is 9.11. The van der Waals surface area contributed by atoms with Crippen LogP contribution >= 0.6 is 0 Å². The molecule has 2 aromatic carbocycles. The van der Waals surface area contributed by atoms with Gasteiger partial charge in [0, 0.05) is 36.3 Å². The SMILES string of the molecule is COc1ccccc1C1(CNC(=O)c2ccc3c(c2)OCO3)CCOCC1. The number of hydrogen-bond donors (Lipinski definition) is 1. The third kappa shape index (κ3) is 3.45. The number of ether oxygens (including phenoxy) is 4. The summed E-state index contributed by atoms with van der Waals surface area (Å²) in [6.45, 7) is 2.04. The van der Waals surface area contributed by atoms with Gasteiger partial charge in [0.2, 0.25) is 6.79 Å². The number of nitrogens with one attached hydrogen (secondary N) is 1. The first-order chi connectivity index (χ1) is 13.2. The standard InChI is InChI=1S/C21H23NO5/c1-24-17-5-3-2-4-16(17)21(8-10-25-11-9-21)13-22-20(23)15-6-7-18-19(12-15)27-14-26-18/h2-7,12H,8-11,13-14H2,1H3,(H,22,23). The average Bonchev–Trinajstić information content (AvgIpc) is 3.20. The van der Waals surface area contributed by atoms with Crippen LogP contribution in [-0.4, -0.2) is 39.6 Å². The second-order valence-electron chi connectivity index (χ2n) is 6.84. The fourth-order valence-corrected chi connectivity index (χ4v) is 3.78. The van der Waals surface area contributed by atoms with Gasteiger partial charge in [-0.1, -0.05) is 18.2 Å². The Morgan fingerprint density at radius 1 is 1.11 bits per heavy atom. The summed E-state index contributed by atoms with van der Waals surface area (Å²) in [5, 5.41) is 3.10. The summed E-state index contributed by atoms with van der Waals surface area (Å²) in [5.41, 5.74) is 1.46. The van der Waals surface area contributed by atoms with Crippen molar-refractivity contribution < 1.29 is 23.7 Å². The highest BCUT2D eigenvalue weighted by atomic mass is 16.7. The Balaban J connectivity index is 1.55. The Labute approximate surface area is 158 Å². The van der Waals surface area contributed by atoms with Crippen molar-refractivity contribution in [1.29, 1.82) is 0 Å². The van der Waals surface area contributed by atoms with Crippen LogP contribution in [0, 0.1) is 0 Å². The first-order valence-electron chi connectivity index (χ1n) is 9.11. The minimum atomic E-state index is -0.211. The zero-order valence-corrected chi connectivity index (χ0v) is 15.3. The van der Waals surface area contributed by atoms with Crippen molar-refractivity contribution in [2.45, 2.75) is 18.3 Å². The van der Waals surface area contributed by atoms with E-state index in [-0.39, 0.29) is 18.1 Å². The van der Waals surface area contributed by atoms with Gasteiger partial charge in [-0.05, 0) is 37.1 Å². The normalized spacial score (nSPS) is 17.4. The maximum Gasteiger partial charge on any atom is 0.251 e. The van der Waals surface area contributed by atoms with Crippen LogP contribution in [0.25, 0.3) is 0 Å². The number of fused-ring (bicyclic) bond motifs is 1. The van der Waals surface area contributed by atoms with Crippen molar-refractivity contribution >= 4 is 5.91 Å². The number of para-hydroxylation sites is 1. The van der Waals surface area contributed by atoms with Gasteiger partial charge in [0.15, 0.2) is 11.5 Å². The van der Waals surface area contributed by atoms with Crippen LogP contribution in [0.1, 0.15) is 28.8 Å². The predicted molar refractivity (Wildman–Crippen MR) is 99.6 cm³/mol. The summed E-state index contributed by atoms with van der Waals surface area (Å²) >= 11 is 0. The van der Waals surface area contributed by atoms with E-state index in [1.54, 1.807) is 25.3 Å². The Hall–Kier alpha value is -2.73. The molecule has 0 radical (unpaired) electrons. The number of amides is 1. The van der Waals surface area contributed by atoms with Crippen LogP contribution in [0.2, 0.25) is 0 Å². The maximum atomic E-state index is 12.7. The van der Waals surface area contributed by atoms with E-state index < -0.39 is 0 Å². The Morgan fingerprint density at radius 2 is 1.89 bits per heavy atom. The van der Waals surface area contributed by atoms with Crippen molar-refractivity contribution in [1.82, 2.24) is 5.32 Å². The fraction of sp³-hybridized carbons (Fsp3) is 0.381. The molecule has 0 saturated carbocycles. The lowest BCUT2D eigenvalue weighted by Crippen LogP contribution is -2.44. The van der Waals surface area contributed by atoms with Crippen molar-refractivity contribution in [2.75, 3.05) is 33.7 Å². The summed E-state index contributed by atoms with van der Waals surface area (Å²) in [6, 6.07) is 13.3. The molecule has 4 rings (SSSR count). The van der Waals surface area contributed by atoms with E-state index >= 15 is 0 Å². The minimum absolute atomic E-state index is 0.130. The molecule has 142 valence electrons.